The quantitative estimate of drug-likeness (QED) is 0.764. The molecule has 0 radical (unpaired) electrons. The third kappa shape index (κ3) is 2.46. The minimum absolute atomic E-state index is 0.0373. The molecule has 0 amide bonds. The molecule has 1 saturated heterocycles. The van der Waals surface area contributed by atoms with Crippen molar-refractivity contribution in [3.8, 4) is 0 Å². The number of rotatable bonds is 1. The largest absolute Gasteiger partial charge is 0.354 e. The van der Waals surface area contributed by atoms with E-state index in [9.17, 15) is 0 Å². The second-order valence-corrected chi connectivity index (χ2v) is 7.93. The molecule has 1 spiro atoms. The summed E-state index contributed by atoms with van der Waals surface area (Å²) < 4.78 is 6.53. The topological polar surface area (TPSA) is 21.3 Å². The van der Waals surface area contributed by atoms with Crippen molar-refractivity contribution in [3.63, 3.8) is 0 Å². The fraction of sp³-hybridized carbons (Fsp3) is 1.00. The molecular weight excluding hydrogens is 222 g/mol. The summed E-state index contributed by atoms with van der Waals surface area (Å²) in [5.41, 5.74) is 0.125. The summed E-state index contributed by atoms with van der Waals surface area (Å²) in [6.45, 7) is 14.9. The van der Waals surface area contributed by atoms with Crippen LogP contribution in [-0.4, -0.2) is 17.9 Å². The Bertz CT molecular complexity index is 298. The van der Waals surface area contributed by atoms with Gasteiger partial charge in [-0.1, -0.05) is 27.7 Å². The van der Waals surface area contributed by atoms with Crippen LogP contribution in [0.3, 0.4) is 0 Å². The molecule has 2 rings (SSSR count). The van der Waals surface area contributed by atoms with Crippen LogP contribution in [0.1, 0.15) is 67.2 Å². The van der Waals surface area contributed by atoms with Crippen LogP contribution in [0.15, 0.2) is 0 Å². The lowest BCUT2D eigenvalue weighted by Crippen LogP contribution is -2.66. The molecule has 106 valence electrons. The van der Waals surface area contributed by atoms with E-state index in [1.807, 2.05) is 0 Å². The van der Waals surface area contributed by atoms with E-state index >= 15 is 0 Å². The number of nitrogens with one attached hydrogen (secondary N) is 1. The first-order chi connectivity index (χ1) is 8.18. The van der Waals surface area contributed by atoms with Gasteiger partial charge in [-0.05, 0) is 51.4 Å². The van der Waals surface area contributed by atoms with Crippen LogP contribution in [0.5, 0.6) is 0 Å². The van der Waals surface area contributed by atoms with Crippen molar-refractivity contribution in [1.82, 2.24) is 5.32 Å². The van der Waals surface area contributed by atoms with Crippen LogP contribution in [0.25, 0.3) is 0 Å². The summed E-state index contributed by atoms with van der Waals surface area (Å²) >= 11 is 0. The van der Waals surface area contributed by atoms with Crippen molar-refractivity contribution in [2.75, 3.05) is 6.54 Å². The fourth-order valence-corrected chi connectivity index (χ4v) is 3.31. The van der Waals surface area contributed by atoms with E-state index in [0.29, 0.717) is 0 Å². The van der Waals surface area contributed by atoms with Crippen molar-refractivity contribution in [2.24, 2.45) is 17.3 Å². The Morgan fingerprint density at radius 3 is 2.06 bits per heavy atom. The normalized spacial score (nSPS) is 39.2. The highest BCUT2D eigenvalue weighted by Crippen LogP contribution is 2.46. The fourth-order valence-electron chi connectivity index (χ4n) is 3.31. The molecule has 0 aromatic rings. The average Bonchev–Trinajstić information content (AvgIpc) is 2.25. The smallest absolute Gasteiger partial charge is 0.120 e. The van der Waals surface area contributed by atoms with E-state index in [-0.39, 0.29) is 16.7 Å². The van der Waals surface area contributed by atoms with Gasteiger partial charge >= 0.3 is 0 Å². The van der Waals surface area contributed by atoms with E-state index in [1.54, 1.807) is 0 Å². The van der Waals surface area contributed by atoms with Gasteiger partial charge in [0.25, 0.3) is 0 Å². The molecule has 1 aliphatic heterocycles. The zero-order valence-corrected chi connectivity index (χ0v) is 13.1. The van der Waals surface area contributed by atoms with Crippen molar-refractivity contribution >= 4 is 0 Å². The van der Waals surface area contributed by atoms with Crippen molar-refractivity contribution in [3.05, 3.63) is 0 Å². The van der Waals surface area contributed by atoms with Crippen LogP contribution in [0.4, 0.5) is 0 Å². The molecule has 2 heteroatoms. The molecule has 2 aliphatic rings. The minimum Gasteiger partial charge on any atom is -0.354 e. The van der Waals surface area contributed by atoms with Crippen LogP contribution < -0.4 is 5.32 Å². The van der Waals surface area contributed by atoms with Crippen LogP contribution >= 0.6 is 0 Å². The van der Waals surface area contributed by atoms with Crippen molar-refractivity contribution in [2.45, 2.75) is 78.6 Å². The first-order valence-electron chi connectivity index (χ1n) is 7.63. The first-order valence-corrected chi connectivity index (χ1v) is 7.63. The SMILES string of the molecule is CC(C)C1CCC2(CC1)NCC(C)(C)C(C)(C)O2. The van der Waals surface area contributed by atoms with Gasteiger partial charge in [0.1, 0.15) is 5.72 Å². The maximum atomic E-state index is 6.53. The highest BCUT2D eigenvalue weighted by Gasteiger charge is 2.51. The monoisotopic (exact) mass is 253 g/mol. The molecule has 1 heterocycles. The highest BCUT2D eigenvalue weighted by molar-refractivity contribution is 5.00. The van der Waals surface area contributed by atoms with Crippen molar-refractivity contribution < 1.29 is 4.74 Å². The lowest BCUT2D eigenvalue weighted by molar-refractivity contribution is -0.249. The third-order valence-corrected chi connectivity index (χ3v) is 5.71. The zero-order chi connectivity index (χ0) is 13.6. The molecule has 2 fully saturated rings. The lowest BCUT2D eigenvalue weighted by Gasteiger charge is -2.56. The number of ether oxygens (including phenoxy) is 1. The van der Waals surface area contributed by atoms with Crippen LogP contribution in [-0.2, 0) is 4.74 Å². The second-order valence-electron chi connectivity index (χ2n) is 7.93. The van der Waals surface area contributed by atoms with Gasteiger partial charge in [-0.2, -0.15) is 0 Å². The van der Waals surface area contributed by atoms with Gasteiger partial charge in [-0.15, -0.1) is 0 Å². The van der Waals surface area contributed by atoms with Crippen LogP contribution in [0.2, 0.25) is 0 Å². The maximum Gasteiger partial charge on any atom is 0.120 e. The molecule has 0 unspecified atom stereocenters. The van der Waals surface area contributed by atoms with E-state index in [0.717, 1.165) is 18.4 Å². The van der Waals surface area contributed by atoms with E-state index in [4.69, 9.17) is 4.74 Å². The minimum atomic E-state index is -0.0388. The van der Waals surface area contributed by atoms with E-state index in [2.05, 4.69) is 46.9 Å². The predicted molar refractivity (Wildman–Crippen MR) is 76.5 cm³/mol. The molecule has 1 aliphatic carbocycles. The van der Waals surface area contributed by atoms with E-state index in [1.165, 1.54) is 25.7 Å². The molecule has 1 N–H and O–H groups in total. The Balaban J connectivity index is 2.04. The predicted octanol–water partition coefficient (Wildman–Crippen LogP) is 3.95. The summed E-state index contributed by atoms with van der Waals surface area (Å²) in [4.78, 5) is 0. The molecule has 18 heavy (non-hydrogen) atoms. The van der Waals surface area contributed by atoms with Gasteiger partial charge in [0.05, 0.1) is 5.60 Å². The first kappa shape index (κ1) is 14.3. The Labute approximate surface area is 113 Å². The molecule has 1 saturated carbocycles. The molecule has 0 aromatic carbocycles. The number of hydrogen-bond acceptors (Lipinski definition) is 2. The Morgan fingerprint density at radius 1 is 1.06 bits per heavy atom. The van der Waals surface area contributed by atoms with Gasteiger partial charge in [0, 0.05) is 12.0 Å². The van der Waals surface area contributed by atoms with Gasteiger partial charge in [-0.3, -0.25) is 5.32 Å². The van der Waals surface area contributed by atoms with Crippen LogP contribution in [0, 0.1) is 17.3 Å². The average molecular weight is 253 g/mol. The molecule has 0 bridgehead atoms. The number of hydrogen-bond donors (Lipinski definition) is 1. The molecule has 0 atom stereocenters. The van der Waals surface area contributed by atoms with Gasteiger partial charge in [-0.25, -0.2) is 0 Å². The summed E-state index contributed by atoms with van der Waals surface area (Å²) in [6, 6.07) is 0. The van der Waals surface area contributed by atoms with Crippen molar-refractivity contribution in [1.29, 1.82) is 0 Å². The standard InChI is InChI=1S/C16H31NO/c1-12(2)13-7-9-16(10-8-13)17-11-14(3,4)15(5,6)18-16/h12-13,17H,7-11H2,1-6H3. The molecular formula is C16H31NO. The van der Waals surface area contributed by atoms with Gasteiger partial charge < -0.3 is 4.74 Å². The van der Waals surface area contributed by atoms with E-state index < -0.39 is 0 Å². The highest BCUT2D eigenvalue weighted by atomic mass is 16.5. The summed E-state index contributed by atoms with van der Waals surface area (Å²) in [6.07, 6.45) is 4.97. The van der Waals surface area contributed by atoms with Gasteiger partial charge in [0.15, 0.2) is 0 Å². The third-order valence-electron chi connectivity index (χ3n) is 5.71. The molecule has 2 nitrogen and oxygen atoms in total. The maximum absolute atomic E-state index is 6.53. The Morgan fingerprint density at radius 2 is 1.61 bits per heavy atom. The second kappa shape index (κ2) is 4.49. The Kier molecular flexibility index (Phi) is 3.57. The van der Waals surface area contributed by atoms with Gasteiger partial charge in [0.2, 0.25) is 0 Å². The lowest BCUT2D eigenvalue weighted by atomic mass is 9.71. The summed E-state index contributed by atoms with van der Waals surface area (Å²) in [5.74, 6) is 1.70. The summed E-state index contributed by atoms with van der Waals surface area (Å²) in [7, 11) is 0. The Hall–Kier alpha value is -0.0800. The molecule has 0 aromatic heterocycles. The zero-order valence-electron chi connectivity index (χ0n) is 13.1. The summed E-state index contributed by atoms with van der Waals surface area (Å²) in [5, 5.41) is 3.72.